The Morgan fingerprint density at radius 1 is 1.11 bits per heavy atom. The molecule has 0 unspecified atom stereocenters. The van der Waals surface area contributed by atoms with Gasteiger partial charge in [-0.05, 0) is 50.8 Å². The van der Waals surface area contributed by atoms with Crippen molar-refractivity contribution in [3.8, 4) is 5.69 Å². The van der Waals surface area contributed by atoms with Crippen molar-refractivity contribution < 1.29 is 4.79 Å². The lowest BCUT2D eigenvalue weighted by molar-refractivity contribution is -0.129. The summed E-state index contributed by atoms with van der Waals surface area (Å²) in [6, 6.07) is 7.71. The molecule has 4 rings (SSSR count). The smallest absolute Gasteiger partial charge is 0.235 e. The fourth-order valence-corrected chi connectivity index (χ4v) is 4.84. The van der Waals surface area contributed by atoms with Crippen LogP contribution in [0.15, 0.2) is 29.4 Å². The van der Waals surface area contributed by atoms with Crippen LogP contribution in [0.5, 0.6) is 0 Å². The number of carbonyl (C=O) groups excluding carboxylic acids is 1. The van der Waals surface area contributed by atoms with Crippen LogP contribution in [0.1, 0.15) is 32.6 Å². The predicted molar refractivity (Wildman–Crippen MR) is 109 cm³/mol. The molecule has 1 atom stereocenters. The van der Waals surface area contributed by atoms with Crippen molar-refractivity contribution in [2.24, 2.45) is 0 Å². The van der Waals surface area contributed by atoms with Gasteiger partial charge >= 0.3 is 0 Å². The van der Waals surface area contributed by atoms with Gasteiger partial charge in [-0.2, -0.15) is 0 Å². The standard InChI is InChI=1S/C19H24ClN5OS/c1-14(17(26)23-9-2-3-10-23)27-19-22-21-18(24-11-4-5-12-24)25(19)16-8-6-7-15(20)13-16/h6-8,13-14H,2-5,9-12H2,1H3/t14-/m0/s1. The molecular formula is C19H24ClN5OS. The lowest BCUT2D eigenvalue weighted by Crippen LogP contribution is -2.34. The normalized spacial score (nSPS) is 18.3. The summed E-state index contributed by atoms with van der Waals surface area (Å²) in [6.07, 6.45) is 4.52. The third-order valence-corrected chi connectivity index (χ3v) is 6.38. The SMILES string of the molecule is C[C@H](Sc1nnc(N2CCCC2)n1-c1cccc(Cl)c1)C(=O)N1CCCC1. The van der Waals surface area contributed by atoms with Gasteiger partial charge in [0.1, 0.15) is 0 Å². The molecule has 0 N–H and O–H groups in total. The van der Waals surface area contributed by atoms with Crippen molar-refractivity contribution in [2.75, 3.05) is 31.1 Å². The number of rotatable bonds is 5. The Labute approximate surface area is 168 Å². The maximum absolute atomic E-state index is 12.7. The number of thioether (sulfide) groups is 1. The molecule has 1 aromatic heterocycles. The Hall–Kier alpha value is -1.73. The summed E-state index contributed by atoms with van der Waals surface area (Å²) >= 11 is 7.71. The van der Waals surface area contributed by atoms with Crippen molar-refractivity contribution >= 4 is 35.2 Å². The lowest BCUT2D eigenvalue weighted by atomic mass is 10.3. The molecule has 144 valence electrons. The van der Waals surface area contributed by atoms with Gasteiger partial charge in [-0.15, -0.1) is 10.2 Å². The lowest BCUT2D eigenvalue weighted by Gasteiger charge is -2.21. The quantitative estimate of drug-likeness (QED) is 0.711. The van der Waals surface area contributed by atoms with Crippen LogP contribution < -0.4 is 4.90 Å². The predicted octanol–water partition coefficient (Wildman–Crippen LogP) is 3.62. The average molecular weight is 406 g/mol. The number of aromatic nitrogens is 3. The van der Waals surface area contributed by atoms with E-state index in [1.165, 1.54) is 11.8 Å². The number of benzene rings is 1. The highest BCUT2D eigenvalue weighted by molar-refractivity contribution is 8.00. The molecule has 2 aromatic rings. The first-order valence-corrected chi connectivity index (χ1v) is 10.8. The van der Waals surface area contributed by atoms with E-state index in [2.05, 4.69) is 15.1 Å². The fraction of sp³-hybridized carbons (Fsp3) is 0.526. The van der Waals surface area contributed by atoms with E-state index in [4.69, 9.17) is 11.6 Å². The molecule has 3 heterocycles. The Bertz CT molecular complexity index is 814. The number of halogens is 1. The van der Waals surface area contributed by atoms with Crippen molar-refractivity contribution in [3.63, 3.8) is 0 Å². The van der Waals surface area contributed by atoms with Crippen molar-refractivity contribution in [1.29, 1.82) is 0 Å². The molecule has 2 fully saturated rings. The molecule has 0 bridgehead atoms. The molecule has 0 aliphatic carbocycles. The van der Waals surface area contributed by atoms with Crippen LogP contribution in [0.3, 0.4) is 0 Å². The number of hydrogen-bond acceptors (Lipinski definition) is 5. The fourth-order valence-electron chi connectivity index (χ4n) is 3.70. The number of anilines is 1. The second kappa shape index (κ2) is 8.10. The van der Waals surface area contributed by atoms with E-state index in [-0.39, 0.29) is 11.2 Å². The largest absolute Gasteiger partial charge is 0.342 e. The van der Waals surface area contributed by atoms with E-state index in [1.807, 2.05) is 40.7 Å². The second-order valence-corrected chi connectivity index (χ2v) is 8.83. The van der Waals surface area contributed by atoms with Gasteiger partial charge in [0.15, 0.2) is 5.16 Å². The van der Waals surface area contributed by atoms with Crippen molar-refractivity contribution in [3.05, 3.63) is 29.3 Å². The molecule has 27 heavy (non-hydrogen) atoms. The summed E-state index contributed by atoms with van der Waals surface area (Å²) < 4.78 is 2.04. The Kier molecular flexibility index (Phi) is 5.59. The summed E-state index contributed by atoms with van der Waals surface area (Å²) in [5.74, 6) is 1.01. The molecule has 1 amide bonds. The summed E-state index contributed by atoms with van der Waals surface area (Å²) in [7, 11) is 0. The number of likely N-dealkylation sites (tertiary alicyclic amines) is 1. The van der Waals surface area contributed by atoms with E-state index >= 15 is 0 Å². The van der Waals surface area contributed by atoms with Crippen LogP contribution in [-0.2, 0) is 4.79 Å². The highest BCUT2D eigenvalue weighted by Gasteiger charge is 2.28. The molecule has 2 aliphatic heterocycles. The monoisotopic (exact) mass is 405 g/mol. The number of amides is 1. The van der Waals surface area contributed by atoms with Gasteiger partial charge in [0.2, 0.25) is 11.9 Å². The molecule has 1 aromatic carbocycles. The van der Waals surface area contributed by atoms with Gasteiger partial charge in [0, 0.05) is 31.2 Å². The van der Waals surface area contributed by atoms with Crippen LogP contribution in [0, 0.1) is 0 Å². The van der Waals surface area contributed by atoms with Gasteiger partial charge in [-0.1, -0.05) is 29.4 Å². The molecule has 8 heteroatoms. The van der Waals surface area contributed by atoms with Gasteiger partial charge in [0.25, 0.3) is 0 Å². The zero-order valence-electron chi connectivity index (χ0n) is 15.5. The van der Waals surface area contributed by atoms with Crippen LogP contribution >= 0.6 is 23.4 Å². The minimum atomic E-state index is -0.198. The van der Waals surface area contributed by atoms with Gasteiger partial charge in [0.05, 0.1) is 10.9 Å². The number of hydrogen-bond donors (Lipinski definition) is 0. The van der Waals surface area contributed by atoms with Crippen LogP contribution in [0.4, 0.5) is 5.95 Å². The Morgan fingerprint density at radius 2 is 1.81 bits per heavy atom. The van der Waals surface area contributed by atoms with Crippen LogP contribution in [0.25, 0.3) is 5.69 Å². The molecular weight excluding hydrogens is 382 g/mol. The molecule has 0 radical (unpaired) electrons. The first kappa shape index (κ1) is 18.6. The van der Waals surface area contributed by atoms with Gasteiger partial charge in [-0.3, -0.25) is 9.36 Å². The first-order valence-electron chi connectivity index (χ1n) is 9.55. The van der Waals surface area contributed by atoms with Crippen molar-refractivity contribution in [1.82, 2.24) is 19.7 Å². The molecule has 6 nitrogen and oxygen atoms in total. The van der Waals surface area contributed by atoms with E-state index in [0.29, 0.717) is 5.02 Å². The highest BCUT2D eigenvalue weighted by atomic mass is 35.5. The van der Waals surface area contributed by atoms with E-state index in [9.17, 15) is 4.79 Å². The minimum Gasteiger partial charge on any atom is -0.342 e. The van der Waals surface area contributed by atoms with E-state index < -0.39 is 0 Å². The molecule has 2 saturated heterocycles. The van der Waals surface area contributed by atoms with Crippen LogP contribution in [-0.4, -0.2) is 57.0 Å². The first-order chi connectivity index (χ1) is 13.1. The molecule has 0 saturated carbocycles. The number of carbonyl (C=O) groups is 1. The summed E-state index contributed by atoms with van der Waals surface area (Å²) in [4.78, 5) is 16.9. The van der Waals surface area contributed by atoms with Gasteiger partial charge < -0.3 is 9.80 Å². The maximum atomic E-state index is 12.7. The van der Waals surface area contributed by atoms with E-state index in [0.717, 1.165) is 68.7 Å². The maximum Gasteiger partial charge on any atom is 0.235 e. The summed E-state index contributed by atoms with van der Waals surface area (Å²) in [5.41, 5.74) is 0.928. The minimum absolute atomic E-state index is 0.181. The Morgan fingerprint density at radius 3 is 2.52 bits per heavy atom. The molecule has 2 aliphatic rings. The number of nitrogens with zero attached hydrogens (tertiary/aromatic N) is 5. The summed E-state index contributed by atoms with van der Waals surface area (Å²) in [6.45, 7) is 5.64. The molecule has 0 spiro atoms. The highest BCUT2D eigenvalue weighted by Crippen LogP contribution is 2.32. The van der Waals surface area contributed by atoms with Crippen LogP contribution in [0.2, 0.25) is 5.02 Å². The van der Waals surface area contributed by atoms with E-state index in [1.54, 1.807) is 0 Å². The topological polar surface area (TPSA) is 54.3 Å². The third kappa shape index (κ3) is 3.94. The summed E-state index contributed by atoms with van der Waals surface area (Å²) in [5, 5.41) is 10.1. The van der Waals surface area contributed by atoms with Crippen molar-refractivity contribution in [2.45, 2.75) is 43.0 Å². The second-order valence-electron chi connectivity index (χ2n) is 7.08. The zero-order valence-corrected chi connectivity index (χ0v) is 17.0. The Balaban J connectivity index is 1.64. The van der Waals surface area contributed by atoms with Gasteiger partial charge in [-0.25, -0.2) is 0 Å². The zero-order chi connectivity index (χ0) is 18.8. The third-order valence-electron chi connectivity index (χ3n) is 5.12. The average Bonchev–Trinajstić information content (AvgIpc) is 3.41.